The fraction of sp³-hybridized carbons (Fsp3) is 0.667. The largest absolute Gasteiger partial charge is 0.364 e. The highest BCUT2D eigenvalue weighted by Crippen LogP contribution is 2.37. The topological polar surface area (TPSA) is 65.8 Å². The standard InChI is InChI=1S/C6H10N4O/c1-9-6(11)10(7)5(8-9)4-2-3-4/h4H,2-3,7H2,1H3. The SMILES string of the molecule is Cn1nc(C2CC2)n(N)c1=O. The first kappa shape index (κ1) is 6.45. The van der Waals surface area contributed by atoms with Crippen molar-refractivity contribution in [3.05, 3.63) is 16.3 Å². The molecular formula is C6H10N4O. The highest BCUT2D eigenvalue weighted by atomic mass is 16.2. The second-order valence-corrected chi connectivity index (χ2v) is 2.91. The summed E-state index contributed by atoms with van der Waals surface area (Å²) in [4.78, 5) is 11.1. The Morgan fingerprint density at radius 1 is 1.64 bits per heavy atom. The highest BCUT2D eigenvalue weighted by molar-refractivity contribution is 5.04. The summed E-state index contributed by atoms with van der Waals surface area (Å²) in [6, 6.07) is 0. The summed E-state index contributed by atoms with van der Waals surface area (Å²) in [6.45, 7) is 0. The zero-order valence-electron chi connectivity index (χ0n) is 6.32. The molecule has 1 aromatic heterocycles. The maximum Gasteiger partial charge on any atom is 0.364 e. The summed E-state index contributed by atoms with van der Waals surface area (Å²) < 4.78 is 2.41. The van der Waals surface area contributed by atoms with Crippen molar-refractivity contribution in [3.8, 4) is 0 Å². The van der Waals surface area contributed by atoms with Gasteiger partial charge in [-0.15, -0.1) is 0 Å². The van der Waals surface area contributed by atoms with E-state index in [9.17, 15) is 4.79 Å². The molecule has 0 aromatic carbocycles. The van der Waals surface area contributed by atoms with E-state index in [0.29, 0.717) is 5.92 Å². The normalized spacial score (nSPS) is 17.2. The van der Waals surface area contributed by atoms with Crippen LogP contribution in [0.1, 0.15) is 24.6 Å². The van der Waals surface area contributed by atoms with Gasteiger partial charge < -0.3 is 5.84 Å². The molecule has 1 fully saturated rings. The lowest BCUT2D eigenvalue weighted by molar-refractivity contribution is 0.716. The molecule has 1 aliphatic rings. The molecule has 0 spiro atoms. The minimum atomic E-state index is -0.244. The predicted molar refractivity (Wildman–Crippen MR) is 39.6 cm³/mol. The highest BCUT2D eigenvalue weighted by Gasteiger charge is 2.29. The van der Waals surface area contributed by atoms with Crippen LogP contribution in [0, 0.1) is 0 Å². The fourth-order valence-corrected chi connectivity index (χ4v) is 1.12. The van der Waals surface area contributed by atoms with Gasteiger partial charge in [-0.05, 0) is 12.8 Å². The van der Waals surface area contributed by atoms with Gasteiger partial charge in [-0.3, -0.25) is 0 Å². The van der Waals surface area contributed by atoms with Gasteiger partial charge in [0.15, 0.2) is 5.82 Å². The van der Waals surface area contributed by atoms with Crippen LogP contribution in [0.2, 0.25) is 0 Å². The van der Waals surface area contributed by atoms with Crippen LogP contribution in [0.25, 0.3) is 0 Å². The number of aryl methyl sites for hydroxylation is 1. The van der Waals surface area contributed by atoms with Crippen molar-refractivity contribution in [1.82, 2.24) is 14.5 Å². The van der Waals surface area contributed by atoms with E-state index in [0.717, 1.165) is 23.3 Å². The number of hydrogen-bond donors (Lipinski definition) is 1. The molecule has 0 amide bonds. The zero-order valence-corrected chi connectivity index (χ0v) is 6.32. The first-order chi connectivity index (χ1) is 5.20. The smallest absolute Gasteiger partial charge is 0.333 e. The minimum Gasteiger partial charge on any atom is -0.333 e. The van der Waals surface area contributed by atoms with Crippen LogP contribution in [-0.4, -0.2) is 14.5 Å². The molecule has 0 unspecified atom stereocenters. The summed E-state index contributed by atoms with van der Waals surface area (Å²) in [7, 11) is 1.61. The lowest BCUT2D eigenvalue weighted by Gasteiger charge is -1.91. The Morgan fingerprint density at radius 3 is 2.64 bits per heavy atom. The number of nitrogens with two attached hydrogens (primary N) is 1. The molecule has 0 bridgehead atoms. The Kier molecular flexibility index (Phi) is 1.10. The first-order valence-corrected chi connectivity index (χ1v) is 3.61. The monoisotopic (exact) mass is 154 g/mol. The van der Waals surface area contributed by atoms with E-state index in [1.165, 1.54) is 4.68 Å². The van der Waals surface area contributed by atoms with E-state index < -0.39 is 0 Å². The van der Waals surface area contributed by atoms with Gasteiger partial charge in [-0.2, -0.15) is 9.77 Å². The molecule has 11 heavy (non-hydrogen) atoms. The van der Waals surface area contributed by atoms with Crippen LogP contribution in [0.3, 0.4) is 0 Å². The molecule has 5 nitrogen and oxygen atoms in total. The maximum absolute atomic E-state index is 11.1. The number of hydrogen-bond acceptors (Lipinski definition) is 3. The second-order valence-electron chi connectivity index (χ2n) is 2.91. The van der Waals surface area contributed by atoms with Crippen LogP contribution in [0.4, 0.5) is 0 Å². The van der Waals surface area contributed by atoms with E-state index in [4.69, 9.17) is 5.84 Å². The van der Waals surface area contributed by atoms with E-state index in [1.54, 1.807) is 7.05 Å². The van der Waals surface area contributed by atoms with Gasteiger partial charge in [0.25, 0.3) is 0 Å². The molecule has 0 atom stereocenters. The second kappa shape index (κ2) is 1.87. The quantitative estimate of drug-likeness (QED) is 0.537. The average Bonchev–Trinajstić information content (AvgIpc) is 2.76. The Morgan fingerprint density at radius 2 is 2.27 bits per heavy atom. The summed E-state index contributed by atoms with van der Waals surface area (Å²) in [6.07, 6.45) is 2.21. The van der Waals surface area contributed by atoms with Gasteiger partial charge in [0.1, 0.15) is 0 Å². The Hall–Kier alpha value is -1.26. The lowest BCUT2D eigenvalue weighted by Crippen LogP contribution is -2.29. The number of rotatable bonds is 1. The van der Waals surface area contributed by atoms with Crippen LogP contribution in [0.5, 0.6) is 0 Å². The van der Waals surface area contributed by atoms with Crippen LogP contribution < -0.4 is 11.5 Å². The molecule has 0 radical (unpaired) electrons. The zero-order chi connectivity index (χ0) is 8.01. The van der Waals surface area contributed by atoms with Crippen molar-refractivity contribution >= 4 is 0 Å². The molecule has 1 heterocycles. The molecule has 1 saturated carbocycles. The Bertz CT molecular complexity index is 333. The van der Waals surface area contributed by atoms with Crippen LogP contribution in [-0.2, 0) is 7.05 Å². The Balaban J connectivity index is 2.55. The van der Waals surface area contributed by atoms with Crippen molar-refractivity contribution in [2.75, 3.05) is 5.84 Å². The minimum absolute atomic E-state index is 0.244. The fourth-order valence-electron chi connectivity index (χ4n) is 1.12. The number of nitrogens with zero attached hydrogens (tertiary/aromatic N) is 3. The van der Waals surface area contributed by atoms with Gasteiger partial charge in [-0.1, -0.05) is 0 Å². The van der Waals surface area contributed by atoms with E-state index in [-0.39, 0.29) is 5.69 Å². The van der Waals surface area contributed by atoms with E-state index >= 15 is 0 Å². The van der Waals surface area contributed by atoms with Crippen molar-refractivity contribution < 1.29 is 0 Å². The van der Waals surface area contributed by atoms with Crippen molar-refractivity contribution in [2.45, 2.75) is 18.8 Å². The predicted octanol–water partition coefficient (Wildman–Crippen LogP) is -0.827. The molecule has 0 aliphatic heterocycles. The molecule has 2 N–H and O–H groups in total. The third kappa shape index (κ3) is 0.840. The molecule has 1 aromatic rings. The molecule has 1 aliphatic carbocycles. The van der Waals surface area contributed by atoms with Gasteiger partial charge in [0.05, 0.1) is 0 Å². The summed E-state index contributed by atoms with van der Waals surface area (Å²) in [5.41, 5.74) is -0.244. The molecule has 5 heteroatoms. The number of nitrogen functional groups attached to an aromatic ring is 1. The van der Waals surface area contributed by atoms with Gasteiger partial charge >= 0.3 is 5.69 Å². The van der Waals surface area contributed by atoms with E-state index in [1.807, 2.05) is 0 Å². The van der Waals surface area contributed by atoms with Gasteiger partial charge in [0.2, 0.25) is 0 Å². The molecule has 2 rings (SSSR count). The summed E-state index contributed by atoms with van der Waals surface area (Å²) in [5, 5.41) is 4.01. The van der Waals surface area contributed by atoms with Crippen molar-refractivity contribution in [2.24, 2.45) is 7.05 Å². The average molecular weight is 154 g/mol. The summed E-state index contributed by atoms with van der Waals surface area (Å²) in [5.74, 6) is 6.61. The molecule has 60 valence electrons. The van der Waals surface area contributed by atoms with Gasteiger partial charge in [-0.25, -0.2) is 9.48 Å². The Labute approximate surface area is 63.4 Å². The maximum atomic E-state index is 11.1. The van der Waals surface area contributed by atoms with Crippen LogP contribution >= 0.6 is 0 Å². The summed E-state index contributed by atoms with van der Waals surface area (Å²) >= 11 is 0. The van der Waals surface area contributed by atoms with Crippen molar-refractivity contribution in [1.29, 1.82) is 0 Å². The van der Waals surface area contributed by atoms with Crippen molar-refractivity contribution in [3.63, 3.8) is 0 Å². The third-order valence-corrected chi connectivity index (χ3v) is 1.92. The van der Waals surface area contributed by atoms with E-state index in [2.05, 4.69) is 5.10 Å². The third-order valence-electron chi connectivity index (χ3n) is 1.92. The van der Waals surface area contributed by atoms with Crippen LogP contribution in [0.15, 0.2) is 4.79 Å². The molecular weight excluding hydrogens is 144 g/mol. The molecule has 0 saturated heterocycles. The first-order valence-electron chi connectivity index (χ1n) is 3.61. The van der Waals surface area contributed by atoms with Gasteiger partial charge in [0, 0.05) is 13.0 Å². The lowest BCUT2D eigenvalue weighted by atomic mass is 10.4. The number of aromatic nitrogens is 3.